The molecule has 0 saturated carbocycles. The Kier molecular flexibility index (Phi) is 6.42. The summed E-state index contributed by atoms with van der Waals surface area (Å²) in [5, 5.41) is 6.91. The lowest BCUT2D eigenvalue weighted by molar-refractivity contribution is -0.136. The van der Waals surface area contributed by atoms with Crippen molar-refractivity contribution < 1.29 is 14.4 Å². The fourth-order valence-corrected chi connectivity index (χ4v) is 6.14. The van der Waals surface area contributed by atoms with Gasteiger partial charge in [0.05, 0.1) is 23.3 Å². The second-order valence-electron chi connectivity index (χ2n) is 8.55. The number of likely N-dealkylation sites (tertiary alicyclic amines) is 1. The Morgan fingerprint density at radius 2 is 2.00 bits per heavy atom. The zero-order chi connectivity index (χ0) is 23.5. The Hall–Kier alpha value is -3.11. The van der Waals surface area contributed by atoms with E-state index in [-0.39, 0.29) is 30.2 Å². The number of carbonyl (C=O) groups excluding carboxylic acids is 3. The maximum atomic E-state index is 13.8. The molecule has 5 rings (SSSR count). The van der Waals surface area contributed by atoms with Crippen molar-refractivity contribution in [2.24, 2.45) is 5.92 Å². The van der Waals surface area contributed by atoms with E-state index >= 15 is 0 Å². The topological polar surface area (TPSA) is 95.5 Å². The molecule has 8 nitrogen and oxygen atoms in total. The number of nitrogens with zero attached hydrogens (tertiary/aromatic N) is 4. The largest absolute Gasteiger partial charge is 0.342 e. The van der Waals surface area contributed by atoms with Gasteiger partial charge in [-0.3, -0.25) is 19.5 Å². The first-order valence-electron chi connectivity index (χ1n) is 11.3. The molecule has 10 heteroatoms. The van der Waals surface area contributed by atoms with Crippen LogP contribution in [0.15, 0.2) is 52.8 Å². The normalized spacial score (nSPS) is 21.2. The van der Waals surface area contributed by atoms with Gasteiger partial charge in [0.2, 0.25) is 5.91 Å². The first-order valence-corrected chi connectivity index (χ1v) is 13.1. The van der Waals surface area contributed by atoms with Crippen LogP contribution in [0.3, 0.4) is 0 Å². The summed E-state index contributed by atoms with van der Waals surface area (Å²) in [6.45, 7) is 1.38. The molecule has 2 fully saturated rings. The predicted octanol–water partition coefficient (Wildman–Crippen LogP) is 3.07. The van der Waals surface area contributed by atoms with Gasteiger partial charge in [-0.05, 0) is 42.8 Å². The second-order valence-corrected chi connectivity index (χ2v) is 10.3. The highest BCUT2D eigenvalue weighted by atomic mass is 32.1. The Labute approximate surface area is 205 Å². The minimum Gasteiger partial charge on any atom is -0.342 e. The van der Waals surface area contributed by atoms with Gasteiger partial charge >= 0.3 is 6.03 Å². The number of thiophene rings is 1. The van der Waals surface area contributed by atoms with Crippen molar-refractivity contribution >= 4 is 40.5 Å². The van der Waals surface area contributed by atoms with Crippen LogP contribution in [0.4, 0.5) is 4.79 Å². The van der Waals surface area contributed by atoms with E-state index in [4.69, 9.17) is 0 Å². The zero-order valence-electron chi connectivity index (χ0n) is 18.6. The van der Waals surface area contributed by atoms with E-state index in [2.05, 4.69) is 15.3 Å². The highest BCUT2D eigenvalue weighted by molar-refractivity contribution is 7.09. The van der Waals surface area contributed by atoms with E-state index in [9.17, 15) is 14.4 Å². The van der Waals surface area contributed by atoms with E-state index < -0.39 is 5.54 Å². The molecular weight excluding hydrogens is 470 g/mol. The minimum atomic E-state index is -1.21. The van der Waals surface area contributed by atoms with Crippen molar-refractivity contribution in [1.82, 2.24) is 25.1 Å². The molecular formula is C24H25N5O3S2. The van der Waals surface area contributed by atoms with E-state index in [1.54, 1.807) is 35.2 Å². The fraction of sp³-hybridized carbons (Fsp3) is 0.375. The molecule has 1 unspecified atom stereocenters. The monoisotopic (exact) mass is 495 g/mol. The molecule has 0 aliphatic carbocycles. The average molecular weight is 496 g/mol. The summed E-state index contributed by atoms with van der Waals surface area (Å²) in [7, 11) is 0. The lowest BCUT2D eigenvalue weighted by Gasteiger charge is -2.40. The third-order valence-electron chi connectivity index (χ3n) is 6.64. The predicted molar refractivity (Wildman–Crippen MR) is 129 cm³/mol. The molecule has 3 aromatic heterocycles. The average Bonchev–Trinajstić information content (AvgIpc) is 3.61. The molecule has 2 aliphatic rings. The number of rotatable bonds is 7. The van der Waals surface area contributed by atoms with Gasteiger partial charge in [0.15, 0.2) is 5.54 Å². The zero-order valence-corrected chi connectivity index (χ0v) is 20.2. The van der Waals surface area contributed by atoms with E-state index in [0.29, 0.717) is 44.6 Å². The number of thiazole rings is 1. The summed E-state index contributed by atoms with van der Waals surface area (Å²) in [6, 6.07) is 9.04. The van der Waals surface area contributed by atoms with E-state index in [1.165, 1.54) is 16.2 Å². The molecule has 0 spiro atoms. The van der Waals surface area contributed by atoms with Gasteiger partial charge in [0.25, 0.3) is 5.91 Å². The van der Waals surface area contributed by atoms with Gasteiger partial charge in [-0.15, -0.1) is 22.7 Å². The summed E-state index contributed by atoms with van der Waals surface area (Å²) in [5.74, 6) is -0.371. The first-order chi connectivity index (χ1) is 16.6. The summed E-state index contributed by atoms with van der Waals surface area (Å²) in [6.07, 6.45) is 3.76. The van der Waals surface area contributed by atoms with Crippen LogP contribution in [0.2, 0.25) is 0 Å². The summed E-state index contributed by atoms with van der Waals surface area (Å²) < 4.78 is 0. The molecule has 0 radical (unpaired) electrons. The van der Waals surface area contributed by atoms with Crippen LogP contribution < -0.4 is 5.32 Å². The molecule has 0 aromatic carbocycles. The number of aromatic nitrogens is 2. The third kappa shape index (κ3) is 4.23. The minimum absolute atomic E-state index is 0.0376. The number of pyridine rings is 1. The fourth-order valence-electron chi connectivity index (χ4n) is 4.88. The number of amides is 4. The maximum Gasteiger partial charge on any atom is 0.325 e. The van der Waals surface area contributed by atoms with Crippen molar-refractivity contribution in [3.63, 3.8) is 0 Å². The van der Waals surface area contributed by atoms with Crippen LogP contribution in [-0.4, -0.2) is 57.2 Å². The molecule has 176 valence electrons. The molecule has 34 heavy (non-hydrogen) atoms. The van der Waals surface area contributed by atoms with Crippen LogP contribution in [0.25, 0.3) is 0 Å². The van der Waals surface area contributed by atoms with Crippen molar-refractivity contribution in [1.29, 1.82) is 0 Å². The molecule has 3 aromatic rings. The summed E-state index contributed by atoms with van der Waals surface area (Å²) in [4.78, 5) is 52.6. The molecule has 4 amide bonds. The number of hydrogen-bond acceptors (Lipinski definition) is 7. The highest BCUT2D eigenvalue weighted by Crippen LogP contribution is 2.40. The van der Waals surface area contributed by atoms with Crippen molar-refractivity contribution in [2.75, 3.05) is 19.6 Å². The highest BCUT2D eigenvalue weighted by Gasteiger charge is 2.58. The number of nitrogens with one attached hydrogen (secondary N) is 1. The second kappa shape index (κ2) is 9.63. The lowest BCUT2D eigenvalue weighted by atomic mass is 9.75. The Morgan fingerprint density at radius 1 is 1.15 bits per heavy atom. The van der Waals surface area contributed by atoms with Crippen LogP contribution >= 0.6 is 22.7 Å². The molecule has 2 aliphatic heterocycles. The van der Waals surface area contributed by atoms with Gasteiger partial charge in [-0.25, -0.2) is 9.78 Å². The van der Waals surface area contributed by atoms with Crippen LogP contribution in [-0.2, 0) is 28.0 Å². The van der Waals surface area contributed by atoms with Gasteiger partial charge < -0.3 is 10.2 Å². The van der Waals surface area contributed by atoms with E-state index in [0.717, 1.165) is 10.6 Å². The van der Waals surface area contributed by atoms with Crippen molar-refractivity contribution in [2.45, 2.75) is 31.2 Å². The Balaban J connectivity index is 1.34. The van der Waals surface area contributed by atoms with Crippen LogP contribution in [0.5, 0.6) is 0 Å². The number of urea groups is 1. The Morgan fingerprint density at radius 3 is 2.68 bits per heavy atom. The maximum absolute atomic E-state index is 13.8. The van der Waals surface area contributed by atoms with Gasteiger partial charge in [0.1, 0.15) is 0 Å². The molecule has 1 N–H and O–H groups in total. The van der Waals surface area contributed by atoms with Gasteiger partial charge in [-0.1, -0.05) is 12.1 Å². The SMILES string of the molecule is O=C(Cc1cscn1)N1CCC(C2(c3ccccn3)NC(=O)N(CCc3cccs3)C2=O)CC1. The van der Waals surface area contributed by atoms with E-state index in [1.807, 2.05) is 33.9 Å². The molecule has 5 heterocycles. The quantitative estimate of drug-likeness (QED) is 0.509. The standard InChI is InChI=1S/C24H25N5O3S2/c30-21(14-18-15-33-16-26-18)28-10-6-17(7-11-28)24(20-5-1-2-9-25-20)22(31)29(23(32)27-24)12-8-19-4-3-13-34-19/h1-5,9,13,15-17H,6-8,10-12,14H2,(H,27,32). The summed E-state index contributed by atoms with van der Waals surface area (Å²) >= 11 is 3.09. The lowest BCUT2D eigenvalue weighted by Crippen LogP contribution is -2.54. The van der Waals surface area contributed by atoms with Crippen LogP contribution in [0.1, 0.15) is 29.1 Å². The molecule has 1 atom stereocenters. The van der Waals surface area contributed by atoms with Crippen LogP contribution in [0, 0.1) is 5.92 Å². The van der Waals surface area contributed by atoms with Gasteiger partial charge in [-0.2, -0.15) is 0 Å². The number of hydrogen-bond donors (Lipinski definition) is 1. The summed E-state index contributed by atoms with van der Waals surface area (Å²) in [5.41, 5.74) is 1.85. The van der Waals surface area contributed by atoms with Crippen molar-refractivity contribution in [3.05, 3.63) is 69.1 Å². The van der Waals surface area contributed by atoms with Crippen molar-refractivity contribution in [3.8, 4) is 0 Å². The number of carbonyl (C=O) groups is 3. The molecule has 0 bridgehead atoms. The smallest absolute Gasteiger partial charge is 0.325 e. The Bertz CT molecular complexity index is 1140. The molecule has 2 saturated heterocycles. The van der Waals surface area contributed by atoms with Gasteiger partial charge in [0, 0.05) is 42.0 Å². The third-order valence-corrected chi connectivity index (χ3v) is 8.21. The first kappa shape index (κ1) is 22.7. The number of imide groups is 1. The number of piperidine rings is 1.